The van der Waals surface area contributed by atoms with Crippen LogP contribution in [0.3, 0.4) is 0 Å². The SMILES string of the molecule is COc1ccc(C(=O)N2CCC(C(=O)N/N=C\c3ccc(SC)cc3)CC2)cc1OC. The lowest BCUT2D eigenvalue weighted by molar-refractivity contribution is -0.126. The number of carbonyl (C=O) groups is 2. The summed E-state index contributed by atoms with van der Waals surface area (Å²) in [5.74, 6) is 0.742. The zero-order valence-corrected chi connectivity index (χ0v) is 18.8. The molecule has 0 radical (unpaired) electrons. The van der Waals surface area contributed by atoms with Gasteiger partial charge < -0.3 is 14.4 Å². The molecule has 31 heavy (non-hydrogen) atoms. The Hall–Kier alpha value is -3.00. The molecule has 1 fully saturated rings. The first-order valence-corrected chi connectivity index (χ1v) is 11.3. The third-order valence-corrected chi connectivity index (χ3v) is 6.03. The first kappa shape index (κ1) is 22.7. The molecule has 0 atom stereocenters. The highest BCUT2D eigenvalue weighted by molar-refractivity contribution is 7.98. The Morgan fingerprint density at radius 2 is 1.74 bits per heavy atom. The van der Waals surface area contributed by atoms with Gasteiger partial charge in [0.2, 0.25) is 5.91 Å². The van der Waals surface area contributed by atoms with E-state index in [1.807, 2.05) is 30.5 Å². The molecule has 0 aromatic heterocycles. The number of nitrogens with one attached hydrogen (secondary N) is 1. The summed E-state index contributed by atoms with van der Waals surface area (Å²) in [7, 11) is 3.10. The molecule has 0 saturated carbocycles. The summed E-state index contributed by atoms with van der Waals surface area (Å²) in [5, 5.41) is 4.07. The van der Waals surface area contributed by atoms with E-state index in [9.17, 15) is 9.59 Å². The molecular weight excluding hydrogens is 414 g/mol. The van der Waals surface area contributed by atoms with Crippen molar-refractivity contribution in [2.45, 2.75) is 17.7 Å². The molecule has 2 aromatic rings. The third kappa shape index (κ3) is 5.79. The summed E-state index contributed by atoms with van der Waals surface area (Å²) in [4.78, 5) is 28.2. The number of hydrogen-bond acceptors (Lipinski definition) is 6. The van der Waals surface area contributed by atoms with Crippen LogP contribution in [-0.2, 0) is 4.79 Å². The van der Waals surface area contributed by atoms with Crippen molar-refractivity contribution in [1.29, 1.82) is 0 Å². The van der Waals surface area contributed by atoms with E-state index in [2.05, 4.69) is 10.5 Å². The summed E-state index contributed by atoms with van der Waals surface area (Å²) < 4.78 is 10.5. The van der Waals surface area contributed by atoms with Gasteiger partial charge in [0.1, 0.15) is 0 Å². The fraction of sp³-hybridized carbons (Fsp3) is 0.348. The number of hydrogen-bond donors (Lipinski definition) is 1. The highest BCUT2D eigenvalue weighted by Gasteiger charge is 2.28. The monoisotopic (exact) mass is 441 g/mol. The van der Waals surface area contributed by atoms with Gasteiger partial charge in [-0.3, -0.25) is 9.59 Å². The van der Waals surface area contributed by atoms with Gasteiger partial charge in [0.25, 0.3) is 5.91 Å². The summed E-state index contributed by atoms with van der Waals surface area (Å²) in [6.07, 6.45) is 4.86. The van der Waals surface area contributed by atoms with Gasteiger partial charge >= 0.3 is 0 Å². The Morgan fingerprint density at radius 3 is 2.35 bits per heavy atom. The first-order chi connectivity index (χ1) is 15.0. The van der Waals surface area contributed by atoms with Gasteiger partial charge in [0.15, 0.2) is 11.5 Å². The minimum Gasteiger partial charge on any atom is -0.493 e. The number of thioether (sulfide) groups is 1. The molecule has 0 aliphatic carbocycles. The van der Waals surface area contributed by atoms with E-state index < -0.39 is 0 Å². The van der Waals surface area contributed by atoms with Crippen LogP contribution in [0, 0.1) is 5.92 Å². The van der Waals surface area contributed by atoms with E-state index in [1.54, 1.807) is 48.2 Å². The Kier molecular flexibility index (Phi) is 7.94. The van der Waals surface area contributed by atoms with Crippen molar-refractivity contribution < 1.29 is 19.1 Å². The van der Waals surface area contributed by atoms with Crippen molar-refractivity contribution in [3.8, 4) is 11.5 Å². The van der Waals surface area contributed by atoms with Gasteiger partial charge in [-0.2, -0.15) is 5.10 Å². The number of amides is 2. The van der Waals surface area contributed by atoms with Crippen LogP contribution in [-0.4, -0.2) is 56.5 Å². The molecule has 0 spiro atoms. The molecule has 1 aliphatic rings. The second-order valence-corrected chi connectivity index (χ2v) is 8.02. The average Bonchev–Trinajstić information content (AvgIpc) is 2.83. The molecule has 2 amide bonds. The molecule has 1 N–H and O–H groups in total. The molecule has 7 nitrogen and oxygen atoms in total. The number of likely N-dealkylation sites (tertiary alicyclic amines) is 1. The summed E-state index contributed by atoms with van der Waals surface area (Å²) in [5.41, 5.74) is 4.09. The van der Waals surface area contributed by atoms with Crippen molar-refractivity contribution >= 4 is 29.8 Å². The average molecular weight is 442 g/mol. The normalized spacial score (nSPS) is 14.5. The van der Waals surface area contributed by atoms with Gasteiger partial charge in [-0.1, -0.05) is 12.1 Å². The predicted octanol–water partition coefficient (Wildman–Crippen LogP) is 3.43. The van der Waals surface area contributed by atoms with Crippen molar-refractivity contribution in [3.63, 3.8) is 0 Å². The molecule has 0 unspecified atom stereocenters. The largest absolute Gasteiger partial charge is 0.493 e. The van der Waals surface area contributed by atoms with Crippen LogP contribution in [0.25, 0.3) is 0 Å². The lowest BCUT2D eigenvalue weighted by Crippen LogP contribution is -2.42. The molecule has 164 valence electrons. The van der Waals surface area contributed by atoms with Crippen LogP contribution in [0.5, 0.6) is 11.5 Å². The molecule has 1 heterocycles. The fourth-order valence-electron chi connectivity index (χ4n) is 3.45. The molecule has 3 rings (SSSR count). The van der Waals surface area contributed by atoms with Gasteiger partial charge in [-0.25, -0.2) is 5.43 Å². The zero-order valence-electron chi connectivity index (χ0n) is 18.0. The van der Waals surface area contributed by atoms with Crippen LogP contribution in [0.4, 0.5) is 0 Å². The molecule has 0 bridgehead atoms. The van der Waals surface area contributed by atoms with Gasteiger partial charge in [0.05, 0.1) is 20.4 Å². The van der Waals surface area contributed by atoms with Gasteiger partial charge in [0, 0.05) is 29.5 Å². The maximum Gasteiger partial charge on any atom is 0.253 e. The van der Waals surface area contributed by atoms with E-state index in [-0.39, 0.29) is 17.7 Å². The Labute approximate surface area is 186 Å². The molecular formula is C23H27N3O4S. The number of benzene rings is 2. The lowest BCUT2D eigenvalue weighted by atomic mass is 9.95. The Bertz CT molecular complexity index is 938. The predicted molar refractivity (Wildman–Crippen MR) is 122 cm³/mol. The Morgan fingerprint density at radius 1 is 1.06 bits per heavy atom. The minimum atomic E-state index is -0.162. The van der Waals surface area contributed by atoms with E-state index in [0.29, 0.717) is 43.0 Å². The van der Waals surface area contributed by atoms with Crippen molar-refractivity contribution in [2.24, 2.45) is 11.0 Å². The second kappa shape index (κ2) is 10.9. The van der Waals surface area contributed by atoms with Gasteiger partial charge in [-0.05, 0) is 55.0 Å². The summed E-state index contributed by atoms with van der Waals surface area (Å²) >= 11 is 1.68. The number of piperidine rings is 1. The number of nitrogens with zero attached hydrogens (tertiary/aromatic N) is 2. The van der Waals surface area contributed by atoms with E-state index in [4.69, 9.17) is 9.47 Å². The quantitative estimate of drug-likeness (QED) is 0.405. The number of rotatable bonds is 7. The van der Waals surface area contributed by atoms with Crippen molar-refractivity contribution in [2.75, 3.05) is 33.6 Å². The van der Waals surface area contributed by atoms with Crippen LogP contribution in [0.2, 0.25) is 0 Å². The van der Waals surface area contributed by atoms with Crippen LogP contribution >= 0.6 is 11.8 Å². The fourth-order valence-corrected chi connectivity index (χ4v) is 3.86. The molecule has 2 aromatic carbocycles. The van der Waals surface area contributed by atoms with Crippen molar-refractivity contribution in [3.05, 3.63) is 53.6 Å². The smallest absolute Gasteiger partial charge is 0.253 e. The highest BCUT2D eigenvalue weighted by Crippen LogP contribution is 2.29. The van der Waals surface area contributed by atoms with Crippen molar-refractivity contribution in [1.82, 2.24) is 10.3 Å². The molecule has 1 saturated heterocycles. The Balaban J connectivity index is 1.50. The van der Waals surface area contributed by atoms with E-state index in [1.165, 1.54) is 12.0 Å². The lowest BCUT2D eigenvalue weighted by Gasteiger charge is -2.31. The third-order valence-electron chi connectivity index (χ3n) is 5.29. The van der Waals surface area contributed by atoms with Crippen LogP contribution in [0.15, 0.2) is 52.5 Å². The summed E-state index contributed by atoms with van der Waals surface area (Å²) in [6.45, 7) is 1.04. The maximum absolute atomic E-state index is 12.8. The zero-order chi connectivity index (χ0) is 22.2. The molecule has 1 aliphatic heterocycles. The number of carbonyl (C=O) groups excluding carboxylic acids is 2. The highest BCUT2D eigenvalue weighted by atomic mass is 32.2. The first-order valence-electron chi connectivity index (χ1n) is 10.0. The molecule has 8 heteroatoms. The van der Waals surface area contributed by atoms with E-state index in [0.717, 1.165) is 5.56 Å². The topological polar surface area (TPSA) is 80.2 Å². The summed E-state index contributed by atoms with van der Waals surface area (Å²) in [6, 6.07) is 13.1. The van der Waals surface area contributed by atoms with Crippen LogP contribution < -0.4 is 14.9 Å². The number of ether oxygens (including phenoxy) is 2. The second-order valence-electron chi connectivity index (χ2n) is 7.14. The number of methoxy groups -OCH3 is 2. The minimum absolute atomic E-state index is 0.0773. The maximum atomic E-state index is 12.8. The standard InChI is InChI=1S/C23H27N3O4S/c1-29-20-9-6-18(14-21(20)30-2)23(28)26-12-10-17(11-13-26)22(27)25-24-15-16-4-7-19(31-3)8-5-16/h4-9,14-15,17H,10-13H2,1-3H3,(H,25,27)/b24-15-. The van der Waals surface area contributed by atoms with Crippen LogP contribution in [0.1, 0.15) is 28.8 Å². The van der Waals surface area contributed by atoms with Gasteiger partial charge in [-0.15, -0.1) is 11.8 Å². The number of hydrazone groups is 1. The van der Waals surface area contributed by atoms with E-state index >= 15 is 0 Å².